The summed E-state index contributed by atoms with van der Waals surface area (Å²) in [5.41, 5.74) is 0. The molecule has 0 spiro atoms. The highest BCUT2D eigenvalue weighted by Gasteiger charge is 2.18. The quantitative estimate of drug-likeness (QED) is 0.887. The minimum atomic E-state index is -3.55. The van der Waals surface area contributed by atoms with E-state index in [1.54, 1.807) is 17.7 Å². The minimum absolute atomic E-state index is 0.0717. The first kappa shape index (κ1) is 14.7. The lowest BCUT2D eigenvalue weighted by Gasteiger charge is -2.01. The number of halogens is 1. The van der Waals surface area contributed by atoms with E-state index < -0.39 is 10.0 Å². The van der Waals surface area contributed by atoms with Crippen LogP contribution in [0.2, 0.25) is 0 Å². The Labute approximate surface area is 124 Å². The van der Waals surface area contributed by atoms with Crippen LogP contribution >= 0.6 is 27.3 Å². The minimum Gasteiger partial charge on any atom is -0.334 e. The first-order valence-electron chi connectivity index (χ1n) is 5.68. The predicted octanol–water partition coefficient (Wildman–Crippen LogP) is 2.51. The van der Waals surface area contributed by atoms with Crippen LogP contribution in [0.15, 0.2) is 27.1 Å². The molecule has 0 aliphatic carbocycles. The monoisotopic (exact) mass is 363 g/mol. The molecule has 0 fully saturated rings. The van der Waals surface area contributed by atoms with Gasteiger partial charge in [-0.3, -0.25) is 0 Å². The van der Waals surface area contributed by atoms with Gasteiger partial charge in [-0.2, -0.15) is 0 Å². The number of aryl methyl sites for hydroxylation is 2. The summed E-state index contributed by atoms with van der Waals surface area (Å²) in [6.07, 6.45) is 1.56. The van der Waals surface area contributed by atoms with Crippen molar-refractivity contribution in [3.05, 3.63) is 32.8 Å². The lowest BCUT2D eigenvalue weighted by molar-refractivity contribution is 0.578. The number of nitrogens with one attached hydrogen (secondary N) is 1. The number of hydrogen-bond donors (Lipinski definition) is 1. The molecule has 2 heterocycles. The van der Waals surface area contributed by atoms with Gasteiger partial charge in [0.1, 0.15) is 5.82 Å². The molecule has 2 rings (SSSR count). The van der Waals surface area contributed by atoms with Crippen molar-refractivity contribution in [1.29, 1.82) is 0 Å². The Morgan fingerprint density at radius 2 is 2.26 bits per heavy atom. The third-order valence-electron chi connectivity index (χ3n) is 2.63. The van der Waals surface area contributed by atoms with Crippen LogP contribution in [-0.4, -0.2) is 18.0 Å². The molecule has 2 aromatic heterocycles. The zero-order valence-electron chi connectivity index (χ0n) is 10.6. The third kappa shape index (κ3) is 3.44. The van der Waals surface area contributed by atoms with Crippen molar-refractivity contribution in [3.63, 3.8) is 0 Å². The number of aromatic nitrogens is 2. The highest BCUT2D eigenvalue weighted by molar-refractivity contribution is 9.10. The van der Waals surface area contributed by atoms with Crippen LogP contribution in [0.5, 0.6) is 0 Å². The molecule has 0 aliphatic heterocycles. The lowest BCUT2D eigenvalue weighted by Crippen LogP contribution is -2.23. The Morgan fingerprint density at radius 3 is 2.79 bits per heavy atom. The van der Waals surface area contributed by atoms with E-state index in [1.807, 2.05) is 18.4 Å². The summed E-state index contributed by atoms with van der Waals surface area (Å²) in [6, 6.07) is 1.89. The van der Waals surface area contributed by atoms with E-state index in [0.29, 0.717) is 12.4 Å². The molecule has 1 N–H and O–H groups in total. The van der Waals surface area contributed by atoms with E-state index in [1.165, 1.54) is 11.3 Å². The van der Waals surface area contributed by atoms with Crippen molar-refractivity contribution in [2.24, 2.45) is 0 Å². The van der Waals surface area contributed by atoms with Crippen LogP contribution in [-0.2, 0) is 23.1 Å². The molecule has 19 heavy (non-hydrogen) atoms. The molecule has 0 amide bonds. The smallest absolute Gasteiger partial charge is 0.259 e. The van der Waals surface area contributed by atoms with Gasteiger partial charge >= 0.3 is 0 Å². The molecule has 0 aliphatic rings. The Balaban J connectivity index is 2.13. The number of thiophene rings is 1. The molecule has 0 atom stereocenters. The summed E-state index contributed by atoms with van der Waals surface area (Å²) in [6.45, 7) is 4.71. The lowest BCUT2D eigenvalue weighted by atomic mass is 10.5. The fourth-order valence-electron chi connectivity index (χ4n) is 1.62. The summed E-state index contributed by atoms with van der Waals surface area (Å²) in [5.74, 6) is 0.696. The number of imidazole rings is 1. The van der Waals surface area contributed by atoms with Crippen molar-refractivity contribution in [1.82, 2.24) is 14.3 Å². The average molecular weight is 364 g/mol. The van der Waals surface area contributed by atoms with Gasteiger partial charge in [0.25, 0.3) is 10.0 Å². The third-order valence-corrected chi connectivity index (χ3v) is 5.60. The maximum Gasteiger partial charge on any atom is 0.259 e. The van der Waals surface area contributed by atoms with Crippen LogP contribution in [0, 0.1) is 6.92 Å². The van der Waals surface area contributed by atoms with Crippen molar-refractivity contribution in [3.8, 4) is 0 Å². The molecule has 0 radical (unpaired) electrons. The van der Waals surface area contributed by atoms with E-state index in [9.17, 15) is 8.42 Å². The normalized spacial score (nSPS) is 11.9. The molecular weight excluding hydrogens is 350 g/mol. The van der Waals surface area contributed by atoms with E-state index >= 15 is 0 Å². The molecule has 0 bridgehead atoms. The summed E-state index contributed by atoms with van der Waals surface area (Å²) < 4.78 is 29.5. The van der Waals surface area contributed by atoms with Crippen LogP contribution in [0.3, 0.4) is 0 Å². The number of rotatable bonds is 5. The van der Waals surface area contributed by atoms with Crippen LogP contribution < -0.4 is 4.72 Å². The number of nitrogens with zero attached hydrogens (tertiary/aromatic N) is 2. The van der Waals surface area contributed by atoms with Crippen molar-refractivity contribution in [2.45, 2.75) is 32.0 Å². The van der Waals surface area contributed by atoms with Gasteiger partial charge in [-0.15, -0.1) is 11.3 Å². The number of hydrogen-bond acceptors (Lipinski definition) is 4. The van der Waals surface area contributed by atoms with Crippen molar-refractivity contribution >= 4 is 37.3 Å². The average Bonchev–Trinajstić information content (AvgIpc) is 2.93. The highest BCUT2D eigenvalue weighted by Crippen LogP contribution is 2.20. The predicted molar refractivity (Wildman–Crippen MR) is 78.7 cm³/mol. The fourth-order valence-corrected chi connectivity index (χ4v) is 4.11. The first-order valence-corrected chi connectivity index (χ1v) is 8.84. The van der Waals surface area contributed by atoms with Gasteiger partial charge in [-0.1, -0.05) is 0 Å². The van der Waals surface area contributed by atoms with E-state index in [2.05, 4.69) is 25.6 Å². The first-order chi connectivity index (χ1) is 8.92. The molecule has 0 unspecified atom stereocenters. The van der Waals surface area contributed by atoms with Gasteiger partial charge in [-0.25, -0.2) is 18.1 Å². The molecule has 0 saturated carbocycles. The van der Waals surface area contributed by atoms with Crippen LogP contribution in [0.4, 0.5) is 0 Å². The second-order valence-electron chi connectivity index (χ2n) is 3.97. The summed E-state index contributed by atoms with van der Waals surface area (Å²) in [7, 11) is -3.55. The Hall–Kier alpha value is -0.700. The van der Waals surface area contributed by atoms with Crippen molar-refractivity contribution < 1.29 is 8.42 Å². The molecule has 104 valence electrons. The zero-order chi connectivity index (χ0) is 14.0. The van der Waals surface area contributed by atoms with Gasteiger partial charge in [0.15, 0.2) is 5.03 Å². The van der Waals surface area contributed by atoms with Crippen LogP contribution in [0.25, 0.3) is 0 Å². The van der Waals surface area contributed by atoms with Gasteiger partial charge in [0.2, 0.25) is 0 Å². The molecule has 0 aromatic carbocycles. The standard InChI is InChI=1S/C11H14BrN3O2S2/c1-3-15-6-11(14-8(15)2)19(16,17)13-5-10-4-9(12)7-18-10/h4,6-7,13H,3,5H2,1-2H3. The second kappa shape index (κ2) is 5.74. The topological polar surface area (TPSA) is 64.0 Å². The van der Waals surface area contributed by atoms with Crippen molar-refractivity contribution in [2.75, 3.05) is 0 Å². The van der Waals surface area contributed by atoms with E-state index in [-0.39, 0.29) is 11.6 Å². The Morgan fingerprint density at radius 1 is 1.53 bits per heavy atom. The van der Waals surface area contributed by atoms with E-state index in [0.717, 1.165) is 9.35 Å². The zero-order valence-corrected chi connectivity index (χ0v) is 13.8. The van der Waals surface area contributed by atoms with Gasteiger partial charge in [-0.05, 0) is 35.8 Å². The molecule has 2 aromatic rings. The molecule has 0 saturated heterocycles. The van der Waals surface area contributed by atoms with Gasteiger partial charge < -0.3 is 4.57 Å². The maximum absolute atomic E-state index is 12.1. The van der Waals surface area contributed by atoms with Gasteiger partial charge in [0.05, 0.1) is 0 Å². The summed E-state index contributed by atoms with van der Waals surface area (Å²) in [4.78, 5) is 5.02. The highest BCUT2D eigenvalue weighted by atomic mass is 79.9. The molecule has 8 heteroatoms. The van der Waals surface area contributed by atoms with Crippen LogP contribution in [0.1, 0.15) is 17.6 Å². The SMILES string of the molecule is CCn1cc(S(=O)(=O)NCc2cc(Br)cs2)nc1C. The van der Waals surface area contributed by atoms with Gasteiger partial charge in [0, 0.05) is 34.0 Å². The number of sulfonamides is 1. The molecule has 5 nitrogen and oxygen atoms in total. The van der Waals surface area contributed by atoms with E-state index in [4.69, 9.17) is 0 Å². The molecular formula is C11H14BrN3O2S2. The Bertz CT molecular complexity index is 676. The largest absolute Gasteiger partial charge is 0.334 e. The maximum atomic E-state index is 12.1. The summed E-state index contributed by atoms with van der Waals surface area (Å²) in [5, 5.41) is 1.99. The fraction of sp³-hybridized carbons (Fsp3) is 0.364. The Kier molecular flexibility index (Phi) is 4.44. The summed E-state index contributed by atoms with van der Waals surface area (Å²) >= 11 is 4.84. The second-order valence-corrected chi connectivity index (χ2v) is 7.59.